The Balaban J connectivity index is 2.14. The number of nitrogens with zero attached hydrogens (tertiary/aromatic N) is 3. The first-order chi connectivity index (χ1) is 7.74. The monoisotopic (exact) mass is 217 g/mol. The van der Waals surface area contributed by atoms with Gasteiger partial charge >= 0.3 is 0 Å². The van der Waals surface area contributed by atoms with E-state index in [9.17, 15) is 4.79 Å². The molecule has 0 saturated heterocycles. The van der Waals surface area contributed by atoms with Gasteiger partial charge in [-0.1, -0.05) is 11.6 Å². The average molecular weight is 217 g/mol. The molecule has 0 radical (unpaired) electrons. The van der Waals surface area contributed by atoms with Crippen molar-refractivity contribution in [3.63, 3.8) is 0 Å². The van der Waals surface area contributed by atoms with Crippen molar-refractivity contribution < 1.29 is 0 Å². The van der Waals surface area contributed by atoms with Gasteiger partial charge in [-0.25, -0.2) is 4.98 Å². The van der Waals surface area contributed by atoms with Crippen LogP contribution in [0.3, 0.4) is 0 Å². The maximum Gasteiger partial charge on any atom is 0.280 e. The summed E-state index contributed by atoms with van der Waals surface area (Å²) in [6.07, 6.45) is 6.06. The van der Waals surface area contributed by atoms with Crippen LogP contribution in [-0.4, -0.2) is 19.5 Å². The van der Waals surface area contributed by atoms with E-state index >= 15 is 0 Å². The third kappa shape index (κ3) is 1.30. The molecular formula is C10H11N5O. The van der Waals surface area contributed by atoms with Crippen LogP contribution in [0.4, 0.5) is 5.95 Å². The van der Waals surface area contributed by atoms with Crippen molar-refractivity contribution in [3.8, 4) is 0 Å². The zero-order valence-corrected chi connectivity index (χ0v) is 8.60. The third-order valence-corrected chi connectivity index (χ3v) is 2.77. The first-order valence-electron chi connectivity index (χ1n) is 5.12. The minimum atomic E-state index is -0.288. The van der Waals surface area contributed by atoms with Crippen molar-refractivity contribution in [2.75, 3.05) is 5.73 Å². The predicted octanol–water partition coefficient (Wildman–Crippen LogP) is 0.422. The number of aromatic nitrogens is 4. The first-order valence-corrected chi connectivity index (χ1v) is 5.12. The molecule has 0 bridgehead atoms. The number of anilines is 1. The summed E-state index contributed by atoms with van der Waals surface area (Å²) in [6.45, 7) is 0.742. The van der Waals surface area contributed by atoms with Gasteiger partial charge < -0.3 is 10.3 Å². The summed E-state index contributed by atoms with van der Waals surface area (Å²) in [6, 6.07) is 0. The summed E-state index contributed by atoms with van der Waals surface area (Å²) in [5.74, 6) is 0.127. The number of nitrogens with two attached hydrogens (primary N) is 1. The predicted molar refractivity (Wildman–Crippen MR) is 59.9 cm³/mol. The first kappa shape index (κ1) is 9.14. The molecule has 82 valence electrons. The van der Waals surface area contributed by atoms with Gasteiger partial charge in [0.1, 0.15) is 0 Å². The number of nitrogens with one attached hydrogen (secondary N) is 1. The molecular weight excluding hydrogens is 206 g/mol. The van der Waals surface area contributed by atoms with Gasteiger partial charge in [-0.3, -0.25) is 9.78 Å². The Hall–Kier alpha value is -2.11. The van der Waals surface area contributed by atoms with Crippen molar-refractivity contribution in [3.05, 3.63) is 28.3 Å². The molecule has 6 heteroatoms. The van der Waals surface area contributed by atoms with Gasteiger partial charge in [-0.15, -0.1) is 0 Å². The molecule has 0 spiro atoms. The fourth-order valence-electron chi connectivity index (χ4n) is 1.80. The number of fused-ring (bicyclic) bond motifs is 1. The second-order valence-corrected chi connectivity index (χ2v) is 3.90. The average Bonchev–Trinajstić information content (AvgIpc) is 2.55. The highest BCUT2D eigenvalue weighted by atomic mass is 16.1. The summed E-state index contributed by atoms with van der Waals surface area (Å²) in [5.41, 5.74) is 7.46. The molecule has 0 amide bonds. The molecule has 2 aromatic rings. The standard InChI is InChI=1S/C10H11N5O/c11-10-13-8-7(9(16)14-10)12-5-15(8)4-6-2-1-3-6/h2,5H,1,3-4H2,(H3,11,13,14,16). The number of hydrogen-bond donors (Lipinski definition) is 2. The maximum absolute atomic E-state index is 11.5. The molecule has 2 aromatic heterocycles. The molecule has 0 fully saturated rings. The number of H-pyrrole nitrogens is 1. The van der Waals surface area contributed by atoms with Gasteiger partial charge in [0.25, 0.3) is 5.56 Å². The summed E-state index contributed by atoms with van der Waals surface area (Å²) >= 11 is 0. The highest BCUT2D eigenvalue weighted by Crippen LogP contribution is 2.20. The van der Waals surface area contributed by atoms with Crippen molar-refractivity contribution >= 4 is 17.1 Å². The van der Waals surface area contributed by atoms with E-state index in [0.29, 0.717) is 11.2 Å². The Morgan fingerprint density at radius 1 is 1.56 bits per heavy atom. The lowest BCUT2D eigenvalue weighted by Crippen LogP contribution is -2.13. The van der Waals surface area contributed by atoms with Crippen LogP contribution in [0.15, 0.2) is 22.8 Å². The smallest absolute Gasteiger partial charge is 0.280 e. The number of imidazole rings is 1. The zero-order chi connectivity index (χ0) is 11.1. The normalized spacial score (nSPS) is 14.9. The van der Waals surface area contributed by atoms with E-state index in [-0.39, 0.29) is 11.5 Å². The van der Waals surface area contributed by atoms with Crippen molar-refractivity contribution in [2.24, 2.45) is 0 Å². The second-order valence-electron chi connectivity index (χ2n) is 3.90. The SMILES string of the molecule is Nc1nc2c(ncn2CC2=CCC2)c(=O)[nH]1. The Morgan fingerprint density at radius 2 is 2.38 bits per heavy atom. The molecule has 3 N–H and O–H groups in total. The molecule has 6 nitrogen and oxygen atoms in total. The Labute approximate surface area is 90.8 Å². The lowest BCUT2D eigenvalue weighted by molar-refractivity contribution is 0.709. The molecule has 1 aliphatic rings. The van der Waals surface area contributed by atoms with Crippen LogP contribution in [0.5, 0.6) is 0 Å². The van der Waals surface area contributed by atoms with Crippen LogP contribution in [0, 0.1) is 0 Å². The van der Waals surface area contributed by atoms with Gasteiger partial charge in [0.05, 0.1) is 6.33 Å². The summed E-state index contributed by atoms with van der Waals surface area (Å²) < 4.78 is 1.85. The van der Waals surface area contributed by atoms with Crippen LogP contribution in [-0.2, 0) is 6.54 Å². The second kappa shape index (κ2) is 3.19. The largest absolute Gasteiger partial charge is 0.369 e. The Bertz CT molecular complexity index is 636. The van der Waals surface area contributed by atoms with Crippen LogP contribution in [0.2, 0.25) is 0 Å². The Morgan fingerprint density at radius 3 is 3.06 bits per heavy atom. The molecule has 0 aromatic carbocycles. The van der Waals surface area contributed by atoms with E-state index in [2.05, 4.69) is 21.0 Å². The number of hydrogen-bond acceptors (Lipinski definition) is 4. The fourth-order valence-corrected chi connectivity index (χ4v) is 1.80. The van der Waals surface area contributed by atoms with Crippen LogP contribution >= 0.6 is 0 Å². The summed E-state index contributed by atoms with van der Waals surface area (Å²) in [5, 5.41) is 0. The van der Waals surface area contributed by atoms with Crippen LogP contribution in [0.25, 0.3) is 11.2 Å². The van der Waals surface area contributed by atoms with E-state index in [0.717, 1.165) is 19.4 Å². The van der Waals surface area contributed by atoms with Gasteiger partial charge in [-0.05, 0) is 12.8 Å². The zero-order valence-electron chi connectivity index (χ0n) is 8.60. The minimum Gasteiger partial charge on any atom is -0.369 e. The lowest BCUT2D eigenvalue weighted by atomic mass is 9.99. The minimum absolute atomic E-state index is 0.127. The summed E-state index contributed by atoms with van der Waals surface area (Å²) in [7, 11) is 0. The van der Waals surface area contributed by atoms with E-state index < -0.39 is 0 Å². The highest BCUT2D eigenvalue weighted by molar-refractivity contribution is 5.70. The van der Waals surface area contributed by atoms with E-state index in [1.54, 1.807) is 6.33 Å². The molecule has 16 heavy (non-hydrogen) atoms. The van der Waals surface area contributed by atoms with E-state index in [1.165, 1.54) is 5.57 Å². The van der Waals surface area contributed by atoms with E-state index in [4.69, 9.17) is 5.73 Å². The maximum atomic E-state index is 11.5. The number of rotatable bonds is 2. The van der Waals surface area contributed by atoms with Crippen molar-refractivity contribution in [1.82, 2.24) is 19.5 Å². The number of nitrogen functional groups attached to an aromatic ring is 1. The van der Waals surface area contributed by atoms with Crippen molar-refractivity contribution in [1.29, 1.82) is 0 Å². The summed E-state index contributed by atoms with van der Waals surface area (Å²) in [4.78, 5) is 22.1. The van der Waals surface area contributed by atoms with Gasteiger partial charge in [-0.2, -0.15) is 4.98 Å². The fraction of sp³-hybridized carbons (Fsp3) is 0.300. The number of allylic oxidation sites excluding steroid dienone is 2. The quantitative estimate of drug-likeness (QED) is 0.713. The molecule has 2 heterocycles. The topological polar surface area (TPSA) is 89.6 Å². The van der Waals surface area contributed by atoms with Crippen LogP contribution in [0.1, 0.15) is 12.8 Å². The van der Waals surface area contributed by atoms with Gasteiger partial charge in [0, 0.05) is 6.54 Å². The Kier molecular flexibility index (Phi) is 1.82. The van der Waals surface area contributed by atoms with Crippen LogP contribution < -0.4 is 11.3 Å². The van der Waals surface area contributed by atoms with Crippen molar-refractivity contribution in [2.45, 2.75) is 19.4 Å². The number of aromatic amines is 1. The lowest BCUT2D eigenvalue weighted by Gasteiger charge is -2.14. The molecule has 1 aliphatic carbocycles. The third-order valence-electron chi connectivity index (χ3n) is 2.77. The van der Waals surface area contributed by atoms with Gasteiger partial charge in [0.15, 0.2) is 11.2 Å². The molecule has 3 rings (SSSR count). The van der Waals surface area contributed by atoms with Gasteiger partial charge in [0.2, 0.25) is 5.95 Å². The molecule has 0 saturated carbocycles. The molecule has 0 aliphatic heterocycles. The van der Waals surface area contributed by atoms with E-state index in [1.807, 2.05) is 4.57 Å². The molecule has 0 atom stereocenters. The molecule has 0 unspecified atom stereocenters. The highest BCUT2D eigenvalue weighted by Gasteiger charge is 2.12.